The molecule has 19 heavy (non-hydrogen) atoms. The molecule has 4 nitrogen and oxygen atoms in total. The van der Waals surface area contributed by atoms with E-state index >= 15 is 0 Å². The Morgan fingerprint density at radius 3 is 2.84 bits per heavy atom. The summed E-state index contributed by atoms with van der Waals surface area (Å²) in [7, 11) is 1.70. The zero-order valence-electron chi connectivity index (χ0n) is 10.2. The fraction of sp³-hybridized carbons (Fsp3) is 0.154. The highest BCUT2D eigenvalue weighted by Crippen LogP contribution is 2.22. The summed E-state index contributed by atoms with van der Waals surface area (Å²) in [5, 5.41) is 0.619. The predicted octanol–water partition coefficient (Wildman–Crippen LogP) is 3.16. The Morgan fingerprint density at radius 1 is 1.42 bits per heavy atom. The molecule has 1 aromatic carbocycles. The van der Waals surface area contributed by atoms with Crippen LogP contribution in [0.15, 0.2) is 41.3 Å². The van der Waals surface area contributed by atoms with E-state index < -0.39 is 0 Å². The van der Waals surface area contributed by atoms with Crippen LogP contribution in [0.3, 0.4) is 0 Å². The number of nitrogens with zero attached hydrogens (tertiary/aromatic N) is 3. The fourth-order valence-corrected chi connectivity index (χ4v) is 2.32. The minimum absolute atomic E-state index is 0.188. The average Bonchev–Trinajstić information content (AvgIpc) is 2.42. The van der Waals surface area contributed by atoms with Crippen LogP contribution >= 0.6 is 27.5 Å². The maximum Gasteiger partial charge on any atom is 0.274 e. The molecule has 0 aliphatic rings. The third-order valence-electron chi connectivity index (χ3n) is 2.55. The van der Waals surface area contributed by atoms with Crippen LogP contribution in [0, 0.1) is 0 Å². The Labute approximate surface area is 124 Å². The topological polar surface area (TPSA) is 46.1 Å². The highest BCUT2D eigenvalue weighted by atomic mass is 79.9. The lowest BCUT2D eigenvalue weighted by Crippen LogP contribution is -2.27. The lowest BCUT2D eigenvalue weighted by Gasteiger charge is -2.17. The second-order valence-corrected chi connectivity index (χ2v) is 5.31. The molecule has 1 amide bonds. The molecule has 0 saturated heterocycles. The molecule has 0 fully saturated rings. The molecular weight excluding hydrogens is 330 g/mol. The van der Waals surface area contributed by atoms with Crippen molar-refractivity contribution in [2.75, 3.05) is 7.05 Å². The van der Waals surface area contributed by atoms with Crippen LogP contribution in [-0.4, -0.2) is 27.8 Å². The van der Waals surface area contributed by atoms with Crippen molar-refractivity contribution in [2.24, 2.45) is 0 Å². The van der Waals surface area contributed by atoms with E-state index in [1.165, 1.54) is 18.6 Å². The first-order chi connectivity index (χ1) is 9.08. The Balaban J connectivity index is 2.13. The summed E-state index contributed by atoms with van der Waals surface area (Å²) < 4.78 is 0.907. The number of aromatic nitrogens is 2. The summed E-state index contributed by atoms with van der Waals surface area (Å²) >= 11 is 9.47. The van der Waals surface area contributed by atoms with E-state index in [-0.39, 0.29) is 5.91 Å². The van der Waals surface area contributed by atoms with Gasteiger partial charge in [-0.3, -0.25) is 9.78 Å². The first kappa shape index (κ1) is 14.0. The van der Waals surface area contributed by atoms with Crippen molar-refractivity contribution in [1.29, 1.82) is 0 Å². The van der Waals surface area contributed by atoms with Crippen LogP contribution in [0.2, 0.25) is 5.02 Å². The monoisotopic (exact) mass is 339 g/mol. The van der Waals surface area contributed by atoms with Crippen molar-refractivity contribution in [3.63, 3.8) is 0 Å². The van der Waals surface area contributed by atoms with Gasteiger partial charge in [0.1, 0.15) is 5.69 Å². The lowest BCUT2D eigenvalue weighted by atomic mass is 10.2. The highest BCUT2D eigenvalue weighted by Gasteiger charge is 2.14. The van der Waals surface area contributed by atoms with Crippen molar-refractivity contribution < 1.29 is 4.79 Å². The van der Waals surface area contributed by atoms with Gasteiger partial charge in [-0.2, -0.15) is 0 Å². The molecule has 0 aliphatic carbocycles. The second kappa shape index (κ2) is 6.12. The number of rotatable bonds is 3. The van der Waals surface area contributed by atoms with Gasteiger partial charge in [0.25, 0.3) is 5.91 Å². The summed E-state index contributed by atoms with van der Waals surface area (Å²) in [4.78, 5) is 21.5. The van der Waals surface area contributed by atoms with E-state index in [0.717, 1.165) is 10.0 Å². The molecule has 0 saturated carbocycles. The summed E-state index contributed by atoms with van der Waals surface area (Å²) in [6.45, 7) is 0.418. The molecule has 0 N–H and O–H groups in total. The Kier molecular flexibility index (Phi) is 4.50. The quantitative estimate of drug-likeness (QED) is 0.862. The van der Waals surface area contributed by atoms with E-state index in [2.05, 4.69) is 25.9 Å². The first-order valence-electron chi connectivity index (χ1n) is 5.53. The van der Waals surface area contributed by atoms with Crippen molar-refractivity contribution >= 4 is 33.4 Å². The van der Waals surface area contributed by atoms with Crippen molar-refractivity contribution in [3.8, 4) is 0 Å². The molecule has 2 rings (SSSR count). The zero-order valence-corrected chi connectivity index (χ0v) is 12.5. The van der Waals surface area contributed by atoms with E-state index in [4.69, 9.17) is 11.6 Å². The van der Waals surface area contributed by atoms with Crippen LogP contribution in [0.4, 0.5) is 0 Å². The third kappa shape index (κ3) is 3.52. The van der Waals surface area contributed by atoms with Crippen molar-refractivity contribution in [2.45, 2.75) is 6.54 Å². The van der Waals surface area contributed by atoms with Gasteiger partial charge in [0, 0.05) is 35.5 Å². The number of amides is 1. The number of carbonyl (C=O) groups excluding carboxylic acids is 1. The molecule has 0 radical (unpaired) electrons. The number of hydrogen-bond acceptors (Lipinski definition) is 3. The van der Waals surface area contributed by atoms with Gasteiger partial charge in [-0.1, -0.05) is 33.6 Å². The molecule has 98 valence electrons. The normalized spacial score (nSPS) is 10.3. The third-order valence-corrected chi connectivity index (χ3v) is 3.40. The van der Waals surface area contributed by atoms with E-state index in [1.807, 2.05) is 12.1 Å². The number of carbonyl (C=O) groups is 1. The molecule has 2 aromatic rings. The maximum absolute atomic E-state index is 12.1. The van der Waals surface area contributed by atoms with Crippen LogP contribution in [0.1, 0.15) is 16.1 Å². The zero-order chi connectivity index (χ0) is 13.8. The van der Waals surface area contributed by atoms with Gasteiger partial charge in [0.2, 0.25) is 0 Å². The predicted molar refractivity (Wildman–Crippen MR) is 77.0 cm³/mol. The molecular formula is C13H11BrClN3O. The average molecular weight is 341 g/mol. The van der Waals surface area contributed by atoms with Crippen molar-refractivity contribution in [1.82, 2.24) is 14.9 Å². The number of hydrogen-bond donors (Lipinski definition) is 0. The van der Waals surface area contributed by atoms with E-state index in [9.17, 15) is 4.79 Å². The Hall–Kier alpha value is -1.46. The Morgan fingerprint density at radius 2 is 2.21 bits per heavy atom. The standard InChI is InChI=1S/C13H11BrClN3O/c1-18(13(19)12-7-16-4-5-17-12)8-9-2-3-10(14)6-11(9)15/h2-7H,8H2,1H3. The van der Waals surface area contributed by atoms with Gasteiger partial charge < -0.3 is 4.90 Å². The lowest BCUT2D eigenvalue weighted by molar-refractivity contribution is 0.0779. The minimum atomic E-state index is -0.188. The SMILES string of the molecule is CN(Cc1ccc(Br)cc1Cl)C(=O)c1cnccn1. The molecule has 6 heteroatoms. The van der Waals surface area contributed by atoms with Gasteiger partial charge in [-0.05, 0) is 17.7 Å². The second-order valence-electron chi connectivity index (χ2n) is 3.99. The maximum atomic E-state index is 12.1. The van der Waals surface area contributed by atoms with Crippen LogP contribution in [0.25, 0.3) is 0 Å². The first-order valence-corrected chi connectivity index (χ1v) is 6.70. The van der Waals surface area contributed by atoms with Gasteiger partial charge in [-0.15, -0.1) is 0 Å². The highest BCUT2D eigenvalue weighted by molar-refractivity contribution is 9.10. The number of benzene rings is 1. The summed E-state index contributed by atoms with van der Waals surface area (Å²) in [6, 6.07) is 5.58. The van der Waals surface area contributed by atoms with Gasteiger partial charge in [-0.25, -0.2) is 4.98 Å². The molecule has 0 spiro atoms. The van der Waals surface area contributed by atoms with Crippen LogP contribution in [0.5, 0.6) is 0 Å². The number of halogens is 2. The summed E-state index contributed by atoms with van der Waals surface area (Å²) in [5.74, 6) is -0.188. The van der Waals surface area contributed by atoms with Gasteiger partial charge in [0.15, 0.2) is 0 Å². The molecule has 0 bridgehead atoms. The fourth-order valence-electron chi connectivity index (χ4n) is 1.58. The molecule has 0 unspecified atom stereocenters. The van der Waals surface area contributed by atoms with Gasteiger partial charge in [0.05, 0.1) is 6.20 Å². The van der Waals surface area contributed by atoms with Crippen molar-refractivity contribution in [3.05, 3.63) is 57.5 Å². The largest absolute Gasteiger partial charge is 0.336 e. The molecule has 0 aliphatic heterocycles. The van der Waals surface area contributed by atoms with Crippen LogP contribution < -0.4 is 0 Å². The smallest absolute Gasteiger partial charge is 0.274 e. The summed E-state index contributed by atoms with van der Waals surface area (Å²) in [5.41, 5.74) is 1.20. The Bertz CT molecular complexity index is 592. The van der Waals surface area contributed by atoms with E-state index in [1.54, 1.807) is 18.0 Å². The molecule has 0 atom stereocenters. The van der Waals surface area contributed by atoms with Gasteiger partial charge >= 0.3 is 0 Å². The van der Waals surface area contributed by atoms with Crippen LogP contribution in [-0.2, 0) is 6.54 Å². The molecule has 1 heterocycles. The minimum Gasteiger partial charge on any atom is -0.336 e. The molecule has 1 aromatic heterocycles. The van der Waals surface area contributed by atoms with E-state index in [0.29, 0.717) is 17.3 Å². The summed E-state index contributed by atoms with van der Waals surface area (Å²) in [6.07, 6.45) is 4.47.